The largest absolute Gasteiger partial charge is 0.508 e. The van der Waals surface area contributed by atoms with E-state index < -0.39 is 0 Å². The molecule has 0 atom stereocenters. The Morgan fingerprint density at radius 3 is 2.15 bits per heavy atom. The summed E-state index contributed by atoms with van der Waals surface area (Å²) in [6, 6.07) is 25.9. The Labute approximate surface area is 238 Å². The summed E-state index contributed by atoms with van der Waals surface area (Å²) in [5, 5.41) is 21.4. The van der Waals surface area contributed by atoms with E-state index in [2.05, 4.69) is 4.57 Å². The number of aryl methyl sites for hydroxylation is 4. The van der Waals surface area contributed by atoms with E-state index in [9.17, 15) is 10.2 Å². The predicted octanol–water partition coefficient (Wildman–Crippen LogP) is 7.17. The fraction of sp³-hybridized carbons (Fsp3) is 0.133. The Morgan fingerprint density at radius 2 is 1.44 bits per heavy atom. The van der Waals surface area contributed by atoms with Crippen LogP contribution in [0.25, 0.3) is 21.3 Å². The minimum absolute atomic E-state index is 0.240. The summed E-state index contributed by atoms with van der Waals surface area (Å²) < 4.78 is 11.5. The van der Waals surface area contributed by atoms with Crippen molar-refractivity contribution < 1.29 is 19.2 Å². The molecule has 0 aliphatic heterocycles. The lowest BCUT2D eigenvalue weighted by atomic mass is 10.1. The molecule has 6 rings (SSSR count). The van der Waals surface area contributed by atoms with E-state index >= 15 is 0 Å². The first-order valence-electron chi connectivity index (χ1n) is 12.4. The van der Waals surface area contributed by atoms with Gasteiger partial charge in [-0.15, -0.1) is 0 Å². The van der Waals surface area contributed by atoms with Gasteiger partial charge in [0, 0.05) is 34.1 Å². The van der Waals surface area contributed by atoms with Crippen molar-refractivity contribution in [2.24, 2.45) is 4.99 Å². The van der Waals surface area contributed by atoms with E-state index in [1.54, 1.807) is 41.7 Å². The molecule has 2 heterocycles. The van der Waals surface area contributed by atoms with Crippen LogP contribution in [0.15, 0.2) is 94.3 Å². The number of thiazole rings is 1. The highest BCUT2D eigenvalue weighted by Crippen LogP contribution is 2.29. The summed E-state index contributed by atoms with van der Waals surface area (Å²) in [7, 11) is 0. The van der Waals surface area contributed by atoms with E-state index in [0.717, 1.165) is 44.8 Å². The minimum Gasteiger partial charge on any atom is -0.508 e. The summed E-state index contributed by atoms with van der Waals surface area (Å²) in [5.41, 5.74) is 5.23. The Hall–Kier alpha value is -3.78. The topological polar surface area (TPSA) is 74.8 Å². The Bertz CT molecular complexity index is 1860. The second-order valence-corrected chi connectivity index (χ2v) is 11.1. The summed E-state index contributed by atoms with van der Waals surface area (Å²) in [6.07, 6.45) is 1.47. The lowest BCUT2D eigenvalue weighted by Gasteiger charge is -2.04. The first kappa shape index (κ1) is 25.5. The van der Waals surface area contributed by atoms with Crippen LogP contribution in [-0.4, -0.2) is 14.8 Å². The van der Waals surface area contributed by atoms with Gasteiger partial charge >= 0.3 is 10.8 Å². The van der Waals surface area contributed by atoms with Gasteiger partial charge in [-0.25, -0.2) is 4.57 Å². The number of phenolic OH excluding ortho intramolecular Hbond substituents is 2. The van der Waals surface area contributed by atoms with Crippen molar-refractivity contribution in [2.45, 2.75) is 25.9 Å². The molecule has 0 aliphatic rings. The van der Waals surface area contributed by atoms with Gasteiger partial charge < -0.3 is 14.6 Å². The molecule has 9 heteroatoms. The van der Waals surface area contributed by atoms with Crippen LogP contribution in [0.3, 0.4) is 0 Å². The molecule has 0 amide bonds. The molecule has 0 radical (unpaired) electrons. The van der Waals surface area contributed by atoms with Crippen LogP contribution >= 0.6 is 34.5 Å². The zero-order valence-corrected chi connectivity index (χ0v) is 23.0. The Kier molecular flexibility index (Phi) is 7.04. The van der Waals surface area contributed by atoms with E-state index in [4.69, 9.17) is 32.6 Å². The standard InChI is InChI=1S/C30H23Cl2N3O3S/c31-21-5-11-27-25(17-21)34(15-13-19-1-7-23(36)8-2-19)29(38-27)33-30-35(16-14-20-3-9-24(37)10-4-20)26-18-22(32)6-12-28(26)39-30/h1-12,17-18H,13-16H2,(H-,36,37)/p+1. The second kappa shape index (κ2) is 10.8. The summed E-state index contributed by atoms with van der Waals surface area (Å²) in [6.45, 7) is 1.28. The minimum atomic E-state index is 0.240. The van der Waals surface area contributed by atoms with E-state index in [-0.39, 0.29) is 11.5 Å². The number of nitrogens with zero attached hydrogens (tertiary/aromatic N) is 3. The fourth-order valence-electron chi connectivity index (χ4n) is 4.58. The second-order valence-electron chi connectivity index (χ2n) is 9.24. The van der Waals surface area contributed by atoms with E-state index in [0.29, 0.717) is 34.4 Å². The van der Waals surface area contributed by atoms with Crippen LogP contribution in [0.1, 0.15) is 11.1 Å². The van der Waals surface area contributed by atoms with Gasteiger partial charge in [0.15, 0.2) is 5.58 Å². The van der Waals surface area contributed by atoms with Crippen molar-refractivity contribution >= 4 is 61.0 Å². The van der Waals surface area contributed by atoms with Crippen LogP contribution in [0.4, 0.5) is 5.13 Å². The summed E-state index contributed by atoms with van der Waals surface area (Å²) >= 11 is 14.3. The zero-order valence-electron chi connectivity index (χ0n) is 20.7. The number of phenols is 2. The molecule has 0 saturated heterocycles. The van der Waals surface area contributed by atoms with Crippen molar-refractivity contribution in [1.82, 2.24) is 4.57 Å². The van der Waals surface area contributed by atoms with Crippen molar-refractivity contribution in [3.8, 4) is 11.5 Å². The number of rotatable bonds is 7. The van der Waals surface area contributed by atoms with Crippen molar-refractivity contribution in [3.05, 3.63) is 112 Å². The molecule has 0 aliphatic carbocycles. The zero-order chi connectivity index (χ0) is 26.9. The van der Waals surface area contributed by atoms with Crippen LogP contribution < -0.4 is 10.3 Å². The van der Waals surface area contributed by atoms with Gasteiger partial charge in [-0.1, -0.05) is 47.5 Å². The number of aromatic nitrogens is 2. The molecular formula is C30H24Cl2N3O3S+. The highest BCUT2D eigenvalue weighted by molar-refractivity contribution is 7.21. The Morgan fingerprint density at radius 1 is 0.795 bits per heavy atom. The maximum atomic E-state index is 9.66. The molecule has 0 unspecified atom stereocenters. The van der Waals surface area contributed by atoms with Gasteiger partial charge in [0.2, 0.25) is 0 Å². The van der Waals surface area contributed by atoms with Crippen molar-refractivity contribution in [2.75, 3.05) is 0 Å². The fourth-order valence-corrected chi connectivity index (χ4v) is 5.94. The molecule has 6 aromatic rings. The van der Waals surface area contributed by atoms with Gasteiger partial charge in [-0.05, 0) is 83.5 Å². The average Bonchev–Trinajstić information content (AvgIpc) is 3.44. The molecule has 6 nitrogen and oxygen atoms in total. The highest BCUT2D eigenvalue weighted by atomic mass is 35.5. The van der Waals surface area contributed by atoms with Crippen LogP contribution in [0.5, 0.6) is 11.5 Å². The number of aromatic hydroxyl groups is 2. The SMILES string of the molecule is Oc1ccc(CCn2/c(=N/c3sc4ccc(Cl)cc4[n+]3CCc3ccc(O)cc3)oc3ccc(Cl)cc32)cc1. The van der Waals surface area contributed by atoms with Crippen LogP contribution in [-0.2, 0) is 25.9 Å². The normalized spacial score (nSPS) is 12.1. The maximum absolute atomic E-state index is 9.66. The monoisotopic (exact) mass is 576 g/mol. The number of halogens is 2. The van der Waals surface area contributed by atoms with Gasteiger partial charge in [0.1, 0.15) is 17.0 Å². The van der Waals surface area contributed by atoms with E-state index in [1.165, 1.54) is 0 Å². The Balaban J connectivity index is 1.45. The molecule has 2 aromatic heterocycles. The smallest absolute Gasteiger partial charge is 0.420 e. The molecule has 0 spiro atoms. The lowest BCUT2D eigenvalue weighted by Crippen LogP contribution is -2.34. The van der Waals surface area contributed by atoms with Gasteiger partial charge in [-0.3, -0.25) is 4.57 Å². The van der Waals surface area contributed by atoms with Crippen molar-refractivity contribution in [1.29, 1.82) is 0 Å². The number of hydrogen-bond acceptors (Lipinski definition) is 5. The third kappa shape index (κ3) is 5.52. The number of hydrogen-bond donors (Lipinski definition) is 2. The number of fused-ring (bicyclic) bond motifs is 2. The summed E-state index contributed by atoms with van der Waals surface area (Å²) in [4.78, 5) is 5.04. The molecule has 0 bridgehead atoms. The molecule has 39 heavy (non-hydrogen) atoms. The predicted molar refractivity (Wildman–Crippen MR) is 155 cm³/mol. The lowest BCUT2D eigenvalue weighted by molar-refractivity contribution is -0.654. The van der Waals surface area contributed by atoms with E-state index in [1.807, 2.05) is 59.2 Å². The number of oxazole rings is 1. The van der Waals surface area contributed by atoms with Gasteiger partial charge in [-0.2, -0.15) is 0 Å². The molecule has 2 N–H and O–H groups in total. The summed E-state index contributed by atoms with van der Waals surface area (Å²) in [5.74, 6) is 0.487. The van der Waals surface area contributed by atoms with Gasteiger partial charge in [0.05, 0.1) is 16.8 Å². The van der Waals surface area contributed by atoms with Crippen molar-refractivity contribution in [3.63, 3.8) is 0 Å². The first-order chi connectivity index (χ1) is 18.9. The molecule has 0 fully saturated rings. The molecule has 196 valence electrons. The average molecular weight is 578 g/mol. The van der Waals surface area contributed by atoms with Gasteiger partial charge in [0.25, 0.3) is 0 Å². The highest BCUT2D eigenvalue weighted by Gasteiger charge is 2.22. The quantitative estimate of drug-likeness (QED) is 0.198. The first-order valence-corrected chi connectivity index (χ1v) is 14.0. The van der Waals surface area contributed by atoms with Crippen LogP contribution in [0, 0.1) is 0 Å². The molecular weight excluding hydrogens is 553 g/mol. The molecule has 4 aromatic carbocycles. The molecule has 0 saturated carbocycles. The third-order valence-electron chi connectivity index (χ3n) is 6.60. The maximum Gasteiger partial charge on any atom is 0.420 e. The third-order valence-corrected chi connectivity index (χ3v) is 8.13. The number of benzene rings is 4. The van der Waals surface area contributed by atoms with Crippen LogP contribution in [0.2, 0.25) is 10.0 Å².